The number of aryl methyl sites for hydroxylation is 1. The maximum atomic E-state index is 12.4. The van der Waals surface area contributed by atoms with Crippen LogP contribution in [0.4, 0.5) is 17.2 Å². The Kier molecular flexibility index (Phi) is 5.91. The molecule has 1 aromatic heterocycles. The largest absolute Gasteiger partial charge is 0.465 e. The topological polar surface area (TPSA) is 80.3 Å². The molecule has 1 heterocycles. The van der Waals surface area contributed by atoms with E-state index in [-0.39, 0.29) is 5.91 Å². The molecule has 7 heteroatoms. The van der Waals surface area contributed by atoms with E-state index in [9.17, 15) is 9.59 Å². The number of hydrogen-bond acceptors (Lipinski definition) is 5. The third-order valence-electron chi connectivity index (χ3n) is 4.02. The lowest BCUT2D eigenvalue weighted by molar-refractivity contribution is 0.0600. The fourth-order valence-corrected chi connectivity index (χ4v) is 2.78. The Morgan fingerprint density at radius 1 is 1.04 bits per heavy atom. The van der Waals surface area contributed by atoms with Crippen molar-refractivity contribution in [3.05, 3.63) is 82.5 Å². The van der Waals surface area contributed by atoms with Crippen LogP contribution in [0.1, 0.15) is 26.3 Å². The van der Waals surface area contributed by atoms with Gasteiger partial charge in [-0.15, -0.1) is 0 Å². The number of carbonyl (C=O) groups is 2. The lowest BCUT2D eigenvalue weighted by Crippen LogP contribution is -2.13. The van der Waals surface area contributed by atoms with Crippen molar-refractivity contribution in [2.24, 2.45) is 0 Å². The van der Waals surface area contributed by atoms with Gasteiger partial charge in [-0.25, -0.2) is 9.78 Å². The summed E-state index contributed by atoms with van der Waals surface area (Å²) in [5.74, 6) is -0.139. The van der Waals surface area contributed by atoms with Gasteiger partial charge >= 0.3 is 5.97 Å². The van der Waals surface area contributed by atoms with Crippen LogP contribution in [0.15, 0.2) is 60.8 Å². The molecule has 3 aromatic rings. The van der Waals surface area contributed by atoms with Crippen LogP contribution in [0.5, 0.6) is 0 Å². The molecular weight excluding hydrogens is 378 g/mol. The van der Waals surface area contributed by atoms with Crippen LogP contribution in [0.2, 0.25) is 5.02 Å². The Hall–Kier alpha value is -3.38. The number of nitrogens with one attached hydrogen (secondary N) is 2. The van der Waals surface area contributed by atoms with Crippen LogP contribution in [-0.2, 0) is 4.74 Å². The van der Waals surface area contributed by atoms with Crippen LogP contribution < -0.4 is 10.6 Å². The summed E-state index contributed by atoms with van der Waals surface area (Å²) < 4.78 is 4.71. The van der Waals surface area contributed by atoms with E-state index < -0.39 is 5.97 Å². The van der Waals surface area contributed by atoms with Gasteiger partial charge in [-0.1, -0.05) is 17.7 Å². The molecule has 6 nitrogen and oxygen atoms in total. The van der Waals surface area contributed by atoms with Gasteiger partial charge < -0.3 is 15.4 Å². The minimum absolute atomic E-state index is 0.267. The zero-order valence-corrected chi connectivity index (χ0v) is 16.1. The molecule has 28 heavy (non-hydrogen) atoms. The summed E-state index contributed by atoms with van der Waals surface area (Å²) in [4.78, 5) is 28.3. The molecule has 0 aliphatic rings. The molecule has 0 bridgehead atoms. The summed E-state index contributed by atoms with van der Waals surface area (Å²) in [6, 6.07) is 15.5. The fourth-order valence-electron chi connectivity index (χ4n) is 2.55. The number of hydrogen-bond donors (Lipinski definition) is 2. The summed E-state index contributed by atoms with van der Waals surface area (Å²) in [6.07, 6.45) is 1.48. The highest BCUT2D eigenvalue weighted by atomic mass is 35.5. The SMILES string of the molecule is COC(=O)c1cccc(Nc2ccc(C(=O)Nc3ccc(Cl)cc3C)cn2)c1. The first-order valence-corrected chi connectivity index (χ1v) is 8.83. The molecular formula is C21H18ClN3O3. The minimum atomic E-state index is -0.416. The Balaban J connectivity index is 1.69. The molecule has 0 atom stereocenters. The average molecular weight is 396 g/mol. The van der Waals surface area contributed by atoms with Crippen LogP contribution in [-0.4, -0.2) is 24.0 Å². The van der Waals surface area contributed by atoms with Crippen LogP contribution in [0, 0.1) is 6.92 Å². The molecule has 142 valence electrons. The number of ether oxygens (including phenoxy) is 1. The maximum absolute atomic E-state index is 12.4. The molecule has 2 N–H and O–H groups in total. The number of benzene rings is 2. The Labute approximate surface area is 167 Å². The van der Waals surface area contributed by atoms with Crippen LogP contribution >= 0.6 is 11.6 Å². The van der Waals surface area contributed by atoms with Crippen molar-refractivity contribution in [2.45, 2.75) is 6.92 Å². The number of methoxy groups -OCH3 is 1. The second-order valence-electron chi connectivity index (χ2n) is 6.04. The first-order valence-electron chi connectivity index (χ1n) is 8.45. The second-order valence-corrected chi connectivity index (χ2v) is 6.48. The molecule has 0 spiro atoms. The van der Waals surface area contributed by atoms with E-state index >= 15 is 0 Å². The van der Waals surface area contributed by atoms with Gasteiger partial charge in [-0.3, -0.25) is 4.79 Å². The van der Waals surface area contributed by atoms with Crippen LogP contribution in [0.25, 0.3) is 0 Å². The van der Waals surface area contributed by atoms with Crippen molar-refractivity contribution < 1.29 is 14.3 Å². The quantitative estimate of drug-likeness (QED) is 0.605. The summed E-state index contributed by atoms with van der Waals surface area (Å²) in [7, 11) is 1.33. The number of anilines is 3. The molecule has 0 aliphatic heterocycles. The minimum Gasteiger partial charge on any atom is -0.465 e. The van der Waals surface area contributed by atoms with Crippen molar-refractivity contribution in [1.82, 2.24) is 4.98 Å². The zero-order valence-electron chi connectivity index (χ0n) is 15.3. The summed E-state index contributed by atoms with van der Waals surface area (Å²) >= 11 is 5.93. The highest BCUT2D eigenvalue weighted by molar-refractivity contribution is 6.30. The standard InChI is InChI=1S/C21H18ClN3O3/c1-13-10-16(22)7-8-18(13)25-20(26)15-6-9-19(23-12-15)24-17-5-3-4-14(11-17)21(27)28-2/h3-12H,1-2H3,(H,23,24)(H,25,26). The van der Waals surface area contributed by atoms with Gasteiger partial charge in [0.15, 0.2) is 0 Å². The van der Waals surface area contributed by atoms with Crippen molar-refractivity contribution in [3.8, 4) is 0 Å². The zero-order chi connectivity index (χ0) is 20.1. The number of pyridine rings is 1. The highest BCUT2D eigenvalue weighted by Crippen LogP contribution is 2.21. The lowest BCUT2D eigenvalue weighted by Gasteiger charge is -2.10. The Bertz CT molecular complexity index is 1020. The number of amides is 1. The van der Waals surface area contributed by atoms with Crippen LogP contribution in [0.3, 0.4) is 0 Å². The van der Waals surface area contributed by atoms with E-state index in [0.29, 0.717) is 33.3 Å². The summed E-state index contributed by atoms with van der Waals surface area (Å²) in [5.41, 5.74) is 3.10. The maximum Gasteiger partial charge on any atom is 0.337 e. The van der Waals surface area contributed by atoms with Crippen molar-refractivity contribution in [2.75, 3.05) is 17.7 Å². The normalized spacial score (nSPS) is 10.2. The molecule has 3 rings (SSSR count). The van der Waals surface area contributed by atoms with Gasteiger partial charge in [0.1, 0.15) is 5.82 Å². The number of carbonyl (C=O) groups excluding carboxylic acids is 2. The predicted molar refractivity (Wildman–Crippen MR) is 109 cm³/mol. The number of halogens is 1. The van der Waals surface area contributed by atoms with Crippen molar-refractivity contribution >= 4 is 40.7 Å². The lowest BCUT2D eigenvalue weighted by atomic mass is 10.2. The number of rotatable bonds is 5. The fraction of sp³-hybridized carbons (Fsp3) is 0.0952. The molecule has 0 radical (unpaired) electrons. The van der Waals surface area contributed by atoms with Crippen molar-refractivity contribution in [3.63, 3.8) is 0 Å². The summed E-state index contributed by atoms with van der Waals surface area (Å²) in [6.45, 7) is 1.87. The van der Waals surface area contributed by atoms with Gasteiger partial charge in [0.2, 0.25) is 0 Å². The third kappa shape index (κ3) is 4.66. The van der Waals surface area contributed by atoms with E-state index in [0.717, 1.165) is 5.56 Å². The monoisotopic (exact) mass is 395 g/mol. The van der Waals surface area contributed by atoms with E-state index in [2.05, 4.69) is 15.6 Å². The van der Waals surface area contributed by atoms with Gasteiger partial charge in [0.25, 0.3) is 5.91 Å². The molecule has 0 saturated carbocycles. The van der Waals surface area contributed by atoms with Gasteiger partial charge in [-0.05, 0) is 61.0 Å². The predicted octanol–water partition coefficient (Wildman–Crippen LogP) is 4.83. The molecule has 0 fully saturated rings. The molecule has 0 saturated heterocycles. The first-order chi connectivity index (χ1) is 13.5. The third-order valence-corrected chi connectivity index (χ3v) is 4.25. The highest BCUT2D eigenvalue weighted by Gasteiger charge is 2.10. The molecule has 0 aliphatic carbocycles. The molecule has 2 aromatic carbocycles. The number of aromatic nitrogens is 1. The van der Waals surface area contributed by atoms with E-state index in [1.165, 1.54) is 13.3 Å². The molecule has 1 amide bonds. The van der Waals surface area contributed by atoms with E-state index in [1.54, 1.807) is 54.6 Å². The van der Waals surface area contributed by atoms with Gasteiger partial charge in [0.05, 0.1) is 18.2 Å². The summed E-state index contributed by atoms with van der Waals surface area (Å²) in [5, 5.41) is 6.54. The average Bonchev–Trinajstić information content (AvgIpc) is 2.70. The van der Waals surface area contributed by atoms with E-state index in [1.807, 2.05) is 6.92 Å². The van der Waals surface area contributed by atoms with E-state index in [4.69, 9.17) is 16.3 Å². The van der Waals surface area contributed by atoms with Gasteiger partial charge in [-0.2, -0.15) is 0 Å². The Morgan fingerprint density at radius 3 is 2.54 bits per heavy atom. The Morgan fingerprint density at radius 2 is 1.86 bits per heavy atom. The molecule has 0 unspecified atom stereocenters. The van der Waals surface area contributed by atoms with Gasteiger partial charge in [0, 0.05) is 22.6 Å². The first kappa shape index (κ1) is 19.4. The second kappa shape index (κ2) is 8.54. The van der Waals surface area contributed by atoms with Crippen molar-refractivity contribution in [1.29, 1.82) is 0 Å². The number of nitrogens with zero attached hydrogens (tertiary/aromatic N) is 1. The number of esters is 1. The smallest absolute Gasteiger partial charge is 0.337 e.